The number of halogens is 1. The Morgan fingerprint density at radius 3 is 2.62 bits per heavy atom. The van der Waals surface area contributed by atoms with Gasteiger partial charge in [-0.05, 0) is 24.3 Å². The molecule has 29 heavy (non-hydrogen) atoms. The second kappa shape index (κ2) is 10.5. The van der Waals surface area contributed by atoms with Crippen LogP contribution >= 0.6 is 24.0 Å². The molecule has 2 aromatic heterocycles. The monoisotopic (exact) mass is 505 g/mol. The molecular weight excluding hydrogens is 477 g/mol. The summed E-state index contributed by atoms with van der Waals surface area (Å²) in [5.74, 6) is 1.91. The van der Waals surface area contributed by atoms with Gasteiger partial charge in [0, 0.05) is 58.3 Å². The van der Waals surface area contributed by atoms with Gasteiger partial charge in [-0.3, -0.25) is 4.99 Å². The number of aromatic nitrogens is 2. The van der Waals surface area contributed by atoms with Crippen molar-refractivity contribution in [2.24, 2.45) is 4.99 Å². The number of piperidine rings is 1. The van der Waals surface area contributed by atoms with Crippen LogP contribution in [0.3, 0.4) is 0 Å². The molecule has 0 aliphatic carbocycles. The Kier molecular flexibility index (Phi) is 7.74. The van der Waals surface area contributed by atoms with Crippen molar-refractivity contribution in [1.29, 1.82) is 0 Å². The summed E-state index contributed by atoms with van der Waals surface area (Å²) in [5.41, 5.74) is 2.08. The molecule has 0 radical (unpaired) electrons. The quantitative estimate of drug-likeness (QED) is 0.327. The molecule has 0 spiro atoms. The second-order valence-corrected chi connectivity index (χ2v) is 7.04. The minimum absolute atomic E-state index is 0. The average molecular weight is 505 g/mol. The Morgan fingerprint density at radius 2 is 1.90 bits per heavy atom. The molecule has 0 saturated carbocycles. The van der Waals surface area contributed by atoms with E-state index in [1.807, 2.05) is 61.8 Å². The number of benzene rings is 1. The number of nitrogens with one attached hydrogen (secondary N) is 1. The van der Waals surface area contributed by atoms with Crippen LogP contribution in [0.5, 0.6) is 5.75 Å². The lowest BCUT2D eigenvalue weighted by atomic mass is 10.1. The summed E-state index contributed by atoms with van der Waals surface area (Å²) < 4.78 is 8.14. The maximum atomic E-state index is 6.09. The molecule has 1 aliphatic heterocycles. The van der Waals surface area contributed by atoms with Gasteiger partial charge in [0.1, 0.15) is 17.5 Å². The van der Waals surface area contributed by atoms with E-state index in [2.05, 4.69) is 30.8 Å². The van der Waals surface area contributed by atoms with Gasteiger partial charge in [0.25, 0.3) is 0 Å². The molecule has 1 aliphatic rings. The minimum atomic E-state index is 0. The van der Waals surface area contributed by atoms with Crippen molar-refractivity contribution in [1.82, 2.24) is 19.6 Å². The average Bonchev–Trinajstić information content (AvgIpc) is 3.16. The molecule has 0 unspecified atom stereocenters. The number of hydrogen-bond acceptors (Lipinski definition) is 3. The molecule has 3 aromatic rings. The molecule has 0 amide bonds. The van der Waals surface area contributed by atoms with E-state index >= 15 is 0 Å². The number of ether oxygens (including phenoxy) is 1. The van der Waals surface area contributed by atoms with Gasteiger partial charge in [0.2, 0.25) is 0 Å². The zero-order chi connectivity index (χ0) is 19.2. The van der Waals surface area contributed by atoms with Gasteiger partial charge in [-0.15, -0.1) is 24.0 Å². The van der Waals surface area contributed by atoms with E-state index in [4.69, 9.17) is 4.74 Å². The molecule has 154 valence electrons. The van der Waals surface area contributed by atoms with Gasteiger partial charge in [-0.2, -0.15) is 0 Å². The summed E-state index contributed by atoms with van der Waals surface area (Å²) in [6, 6.07) is 16.1. The lowest BCUT2D eigenvalue weighted by Crippen LogP contribution is -2.47. The molecule has 0 atom stereocenters. The molecular formula is C22H28IN5O. The number of para-hydroxylation sites is 1. The van der Waals surface area contributed by atoms with Crippen LogP contribution in [-0.4, -0.2) is 53.0 Å². The van der Waals surface area contributed by atoms with Gasteiger partial charge in [-0.25, -0.2) is 4.98 Å². The van der Waals surface area contributed by atoms with Crippen LogP contribution in [0.15, 0.2) is 65.9 Å². The number of hydrogen-bond donors (Lipinski definition) is 1. The van der Waals surface area contributed by atoms with E-state index in [0.29, 0.717) is 0 Å². The highest BCUT2D eigenvalue weighted by Gasteiger charge is 2.22. The zero-order valence-electron chi connectivity index (χ0n) is 16.7. The summed E-state index contributed by atoms with van der Waals surface area (Å²) in [7, 11) is 1.85. The highest BCUT2D eigenvalue weighted by molar-refractivity contribution is 14.0. The van der Waals surface area contributed by atoms with Crippen molar-refractivity contribution >= 4 is 35.6 Å². The van der Waals surface area contributed by atoms with E-state index in [1.54, 1.807) is 0 Å². The Hall–Kier alpha value is -2.29. The number of aliphatic imine (C=N–C) groups is 1. The van der Waals surface area contributed by atoms with E-state index in [0.717, 1.165) is 61.9 Å². The first-order valence-electron chi connectivity index (χ1n) is 9.92. The maximum Gasteiger partial charge on any atom is 0.193 e. The number of likely N-dealkylation sites (tertiary alicyclic amines) is 1. The Labute approximate surface area is 189 Å². The highest BCUT2D eigenvalue weighted by atomic mass is 127. The standard InChI is InChI=1S/C22H27N5O.HI/c1-23-22(24-13-10-18-17-27-14-6-5-9-21(27)25-18)26-15-11-20(12-16-26)28-19-7-3-2-4-8-19;/h2-9,14,17,20H,10-13,15-16H2,1H3,(H,23,24);1H. The van der Waals surface area contributed by atoms with Crippen molar-refractivity contribution in [3.8, 4) is 5.75 Å². The second-order valence-electron chi connectivity index (χ2n) is 7.04. The van der Waals surface area contributed by atoms with Crippen LogP contribution in [0.1, 0.15) is 18.5 Å². The molecule has 6 nitrogen and oxygen atoms in total. The predicted octanol–water partition coefficient (Wildman–Crippen LogP) is 3.61. The molecule has 0 bridgehead atoms. The first kappa shape index (κ1) is 21.4. The van der Waals surface area contributed by atoms with Crippen LogP contribution in [0, 0.1) is 0 Å². The molecule has 1 N–H and O–H groups in total. The highest BCUT2D eigenvalue weighted by Crippen LogP contribution is 2.18. The van der Waals surface area contributed by atoms with E-state index in [-0.39, 0.29) is 30.1 Å². The lowest BCUT2D eigenvalue weighted by molar-refractivity contribution is 0.129. The largest absolute Gasteiger partial charge is 0.490 e. The summed E-state index contributed by atoms with van der Waals surface area (Å²) in [5, 5.41) is 3.48. The van der Waals surface area contributed by atoms with E-state index < -0.39 is 0 Å². The summed E-state index contributed by atoms with van der Waals surface area (Å²) in [6.45, 7) is 2.72. The Morgan fingerprint density at radius 1 is 1.14 bits per heavy atom. The SMILES string of the molecule is CN=C(NCCc1cn2ccccc2n1)N1CCC(Oc2ccccc2)CC1.I. The number of nitrogens with zero attached hydrogens (tertiary/aromatic N) is 4. The Balaban J connectivity index is 0.00000240. The number of imidazole rings is 1. The van der Waals surface area contributed by atoms with E-state index in [1.165, 1.54) is 0 Å². The number of fused-ring (bicyclic) bond motifs is 1. The van der Waals surface area contributed by atoms with Crippen LogP contribution < -0.4 is 10.1 Å². The first-order valence-corrected chi connectivity index (χ1v) is 9.92. The van der Waals surface area contributed by atoms with E-state index in [9.17, 15) is 0 Å². The van der Waals surface area contributed by atoms with Crippen molar-refractivity contribution in [3.63, 3.8) is 0 Å². The molecule has 7 heteroatoms. The first-order chi connectivity index (χ1) is 13.8. The number of rotatable bonds is 5. The van der Waals surface area contributed by atoms with Crippen LogP contribution in [0.2, 0.25) is 0 Å². The van der Waals surface area contributed by atoms with Crippen LogP contribution in [0.25, 0.3) is 5.65 Å². The summed E-state index contributed by atoms with van der Waals surface area (Å²) >= 11 is 0. The number of pyridine rings is 1. The normalized spacial score (nSPS) is 15.2. The fraction of sp³-hybridized carbons (Fsp3) is 0.364. The maximum absolute atomic E-state index is 6.09. The predicted molar refractivity (Wildman–Crippen MR) is 127 cm³/mol. The molecule has 3 heterocycles. The van der Waals surface area contributed by atoms with Gasteiger partial charge in [0.05, 0.1) is 5.69 Å². The molecule has 1 aromatic carbocycles. The van der Waals surface area contributed by atoms with Crippen LogP contribution in [-0.2, 0) is 6.42 Å². The minimum Gasteiger partial charge on any atom is -0.490 e. The topological polar surface area (TPSA) is 54.2 Å². The fourth-order valence-corrected chi connectivity index (χ4v) is 3.62. The van der Waals surface area contributed by atoms with Gasteiger partial charge >= 0.3 is 0 Å². The van der Waals surface area contributed by atoms with Crippen molar-refractivity contribution in [3.05, 3.63) is 66.6 Å². The summed E-state index contributed by atoms with van der Waals surface area (Å²) in [6.07, 6.45) is 7.26. The zero-order valence-corrected chi connectivity index (χ0v) is 19.0. The molecule has 4 rings (SSSR count). The van der Waals surface area contributed by atoms with Crippen molar-refractivity contribution < 1.29 is 4.74 Å². The summed E-state index contributed by atoms with van der Waals surface area (Å²) in [4.78, 5) is 11.4. The van der Waals surface area contributed by atoms with Crippen LogP contribution in [0.4, 0.5) is 0 Å². The van der Waals surface area contributed by atoms with Gasteiger partial charge < -0.3 is 19.4 Å². The fourth-order valence-electron chi connectivity index (χ4n) is 3.62. The third-order valence-corrected chi connectivity index (χ3v) is 5.08. The molecule has 1 fully saturated rings. The third-order valence-electron chi connectivity index (χ3n) is 5.08. The smallest absolute Gasteiger partial charge is 0.193 e. The van der Waals surface area contributed by atoms with Crippen molar-refractivity contribution in [2.75, 3.05) is 26.7 Å². The van der Waals surface area contributed by atoms with Gasteiger partial charge in [-0.1, -0.05) is 24.3 Å². The third kappa shape index (κ3) is 5.62. The van der Waals surface area contributed by atoms with Crippen molar-refractivity contribution in [2.45, 2.75) is 25.4 Å². The lowest BCUT2D eigenvalue weighted by Gasteiger charge is -2.34. The number of guanidine groups is 1. The van der Waals surface area contributed by atoms with Gasteiger partial charge in [0.15, 0.2) is 5.96 Å². The Bertz CT molecular complexity index is 886. The molecule has 1 saturated heterocycles.